The summed E-state index contributed by atoms with van der Waals surface area (Å²) in [5.41, 5.74) is 2.86. The molecule has 1 aliphatic carbocycles. The Morgan fingerprint density at radius 2 is 2.00 bits per heavy atom. The fourth-order valence-electron chi connectivity index (χ4n) is 3.63. The quantitative estimate of drug-likeness (QED) is 0.579. The molecule has 2 aromatic rings. The molecule has 29 heavy (non-hydrogen) atoms. The Morgan fingerprint density at radius 1 is 1.21 bits per heavy atom. The molecule has 0 saturated heterocycles. The van der Waals surface area contributed by atoms with E-state index in [9.17, 15) is 19.7 Å². The minimum atomic E-state index is -0.410. The lowest BCUT2D eigenvalue weighted by molar-refractivity contribution is -0.384. The number of benzene rings is 2. The zero-order valence-electron chi connectivity index (χ0n) is 16.1. The first-order valence-corrected chi connectivity index (χ1v) is 9.65. The molecule has 0 aromatic heterocycles. The molecule has 2 N–H and O–H groups in total. The molecule has 1 heterocycles. The number of hydrogen-bond donors (Lipinski definition) is 2. The van der Waals surface area contributed by atoms with Crippen LogP contribution in [0.5, 0.6) is 0 Å². The molecule has 150 valence electrons. The average molecular weight is 394 g/mol. The monoisotopic (exact) mass is 394 g/mol. The SMILES string of the molecule is CC1Cc2cc([N+](=O)[O-])ccc2N1CC(=O)Nc1cccc(C(=O)NC2CC2)c1. The van der Waals surface area contributed by atoms with Gasteiger partial charge in [0.1, 0.15) is 0 Å². The first kappa shape index (κ1) is 18.9. The Bertz CT molecular complexity index is 986. The van der Waals surface area contributed by atoms with Crippen molar-refractivity contribution in [2.24, 2.45) is 0 Å². The highest BCUT2D eigenvalue weighted by Gasteiger charge is 2.29. The third-order valence-electron chi connectivity index (χ3n) is 5.27. The first-order chi connectivity index (χ1) is 13.9. The zero-order valence-corrected chi connectivity index (χ0v) is 16.1. The van der Waals surface area contributed by atoms with Crippen LogP contribution in [0.1, 0.15) is 35.7 Å². The van der Waals surface area contributed by atoms with Gasteiger partial charge < -0.3 is 15.5 Å². The number of fused-ring (bicyclic) bond motifs is 1. The third kappa shape index (κ3) is 4.21. The van der Waals surface area contributed by atoms with E-state index in [0.717, 1.165) is 24.1 Å². The lowest BCUT2D eigenvalue weighted by Crippen LogP contribution is -2.37. The maximum absolute atomic E-state index is 12.6. The Labute approximate surface area is 168 Å². The van der Waals surface area contributed by atoms with E-state index in [0.29, 0.717) is 17.7 Å². The van der Waals surface area contributed by atoms with Crippen molar-refractivity contribution in [2.45, 2.75) is 38.3 Å². The summed E-state index contributed by atoms with van der Waals surface area (Å²) >= 11 is 0. The van der Waals surface area contributed by atoms with Gasteiger partial charge >= 0.3 is 0 Å². The highest BCUT2D eigenvalue weighted by atomic mass is 16.6. The van der Waals surface area contributed by atoms with Crippen molar-refractivity contribution in [3.05, 3.63) is 63.7 Å². The Balaban J connectivity index is 1.43. The number of nitro benzene ring substituents is 1. The molecule has 1 aliphatic heterocycles. The molecule has 1 saturated carbocycles. The molecule has 8 nitrogen and oxygen atoms in total. The van der Waals surface area contributed by atoms with Gasteiger partial charge in [-0.3, -0.25) is 19.7 Å². The van der Waals surface area contributed by atoms with Crippen LogP contribution in [0.15, 0.2) is 42.5 Å². The molecule has 1 unspecified atom stereocenters. The number of carbonyl (C=O) groups excluding carboxylic acids is 2. The van der Waals surface area contributed by atoms with Crippen molar-refractivity contribution in [3.63, 3.8) is 0 Å². The zero-order chi connectivity index (χ0) is 20.5. The summed E-state index contributed by atoms with van der Waals surface area (Å²) < 4.78 is 0. The standard InChI is InChI=1S/C21H22N4O4/c1-13-9-15-11-18(25(28)29)7-8-19(15)24(13)12-20(26)22-17-4-2-3-14(10-17)21(27)23-16-5-6-16/h2-4,7-8,10-11,13,16H,5-6,9,12H2,1H3,(H,22,26)(H,23,27). The first-order valence-electron chi connectivity index (χ1n) is 9.65. The van der Waals surface area contributed by atoms with E-state index in [4.69, 9.17) is 0 Å². The second kappa shape index (κ2) is 7.54. The van der Waals surface area contributed by atoms with E-state index in [-0.39, 0.29) is 36.1 Å². The summed E-state index contributed by atoms with van der Waals surface area (Å²) in [4.78, 5) is 37.3. The topological polar surface area (TPSA) is 105 Å². The molecule has 1 atom stereocenters. The summed E-state index contributed by atoms with van der Waals surface area (Å²) in [6.07, 6.45) is 2.68. The number of nitrogens with zero attached hydrogens (tertiary/aromatic N) is 2. The van der Waals surface area contributed by atoms with Crippen LogP contribution >= 0.6 is 0 Å². The third-order valence-corrected chi connectivity index (χ3v) is 5.27. The van der Waals surface area contributed by atoms with Gasteiger partial charge in [-0.25, -0.2) is 0 Å². The molecule has 0 spiro atoms. The summed E-state index contributed by atoms with van der Waals surface area (Å²) in [5, 5.41) is 16.8. The predicted octanol–water partition coefficient (Wildman–Crippen LogP) is 2.88. The van der Waals surface area contributed by atoms with Crippen LogP contribution in [0, 0.1) is 10.1 Å². The molecule has 8 heteroatoms. The van der Waals surface area contributed by atoms with Gasteiger partial charge in [0.05, 0.1) is 11.5 Å². The number of carbonyl (C=O) groups is 2. The second-order valence-corrected chi connectivity index (χ2v) is 7.63. The van der Waals surface area contributed by atoms with Gasteiger partial charge in [-0.15, -0.1) is 0 Å². The molecule has 1 fully saturated rings. The number of nitrogens with one attached hydrogen (secondary N) is 2. The molecule has 0 radical (unpaired) electrons. The second-order valence-electron chi connectivity index (χ2n) is 7.63. The largest absolute Gasteiger partial charge is 0.359 e. The minimum absolute atomic E-state index is 0.0588. The summed E-state index contributed by atoms with van der Waals surface area (Å²) in [6.45, 7) is 2.12. The van der Waals surface area contributed by atoms with E-state index >= 15 is 0 Å². The summed E-state index contributed by atoms with van der Waals surface area (Å²) in [7, 11) is 0. The molecule has 4 rings (SSSR count). The van der Waals surface area contributed by atoms with Gasteiger partial charge in [-0.1, -0.05) is 6.07 Å². The van der Waals surface area contributed by atoms with Gasteiger partial charge in [0, 0.05) is 41.2 Å². The van der Waals surface area contributed by atoms with Crippen molar-refractivity contribution in [1.82, 2.24) is 5.32 Å². The fraction of sp³-hybridized carbons (Fsp3) is 0.333. The van der Waals surface area contributed by atoms with Crippen LogP contribution in [0.4, 0.5) is 17.1 Å². The Hall–Kier alpha value is -3.42. The smallest absolute Gasteiger partial charge is 0.269 e. The average Bonchev–Trinajstić information content (AvgIpc) is 3.44. The van der Waals surface area contributed by atoms with Crippen molar-refractivity contribution >= 4 is 28.9 Å². The normalized spacial score (nSPS) is 17.6. The lowest BCUT2D eigenvalue weighted by atomic mass is 10.1. The Kier molecular flexibility index (Phi) is 4.92. The summed E-state index contributed by atoms with van der Waals surface area (Å²) in [5.74, 6) is -0.338. The van der Waals surface area contributed by atoms with Gasteiger partial charge in [-0.2, -0.15) is 0 Å². The Morgan fingerprint density at radius 3 is 2.72 bits per heavy atom. The van der Waals surface area contributed by atoms with Crippen LogP contribution in [-0.4, -0.2) is 35.4 Å². The van der Waals surface area contributed by atoms with Gasteiger partial charge in [0.25, 0.3) is 11.6 Å². The van der Waals surface area contributed by atoms with E-state index in [1.54, 1.807) is 36.4 Å². The van der Waals surface area contributed by atoms with E-state index in [1.165, 1.54) is 6.07 Å². The molecule has 2 aliphatic rings. The predicted molar refractivity (Wildman–Crippen MR) is 109 cm³/mol. The van der Waals surface area contributed by atoms with Crippen molar-refractivity contribution in [3.8, 4) is 0 Å². The molecular weight excluding hydrogens is 372 g/mol. The van der Waals surface area contributed by atoms with Crippen LogP contribution in [-0.2, 0) is 11.2 Å². The number of non-ortho nitro benzene ring substituents is 1. The van der Waals surface area contributed by atoms with Gasteiger partial charge in [-0.05, 0) is 56.0 Å². The number of hydrogen-bond acceptors (Lipinski definition) is 5. The highest BCUT2D eigenvalue weighted by molar-refractivity contribution is 5.98. The van der Waals surface area contributed by atoms with Gasteiger partial charge in [0.15, 0.2) is 0 Å². The van der Waals surface area contributed by atoms with Crippen molar-refractivity contribution < 1.29 is 14.5 Å². The van der Waals surface area contributed by atoms with Crippen molar-refractivity contribution in [1.29, 1.82) is 0 Å². The van der Waals surface area contributed by atoms with E-state index in [2.05, 4.69) is 10.6 Å². The number of rotatable bonds is 6. The fourth-order valence-corrected chi connectivity index (χ4v) is 3.63. The van der Waals surface area contributed by atoms with E-state index < -0.39 is 4.92 Å². The molecule has 0 bridgehead atoms. The molecular formula is C21H22N4O4. The minimum Gasteiger partial charge on any atom is -0.359 e. The molecule has 2 aromatic carbocycles. The number of nitro groups is 1. The number of amides is 2. The highest BCUT2D eigenvalue weighted by Crippen LogP contribution is 2.34. The van der Waals surface area contributed by atoms with Gasteiger partial charge in [0.2, 0.25) is 5.91 Å². The summed E-state index contributed by atoms with van der Waals surface area (Å²) in [6, 6.07) is 11.9. The molecule has 2 amide bonds. The maximum atomic E-state index is 12.6. The van der Waals surface area contributed by atoms with Crippen LogP contribution in [0.3, 0.4) is 0 Å². The lowest BCUT2D eigenvalue weighted by Gasteiger charge is -2.24. The van der Waals surface area contributed by atoms with Crippen LogP contribution in [0.2, 0.25) is 0 Å². The van der Waals surface area contributed by atoms with Crippen LogP contribution in [0.25, 0.3) is 0 Å². The maximum Gasteiger partial charge on any atom is 0.269 e. The number of anilines is 2. The van der Waals surface area contributed by atoms with E-state index in [1.807, 2.05) is 11.8 Å². The van der Waals surface area contributed by atoms with Crippen LogP contribution < -0.4 is 15.5 Å². The van der Waals surface area contributed by atoms with Crippen molar-refractivity contribution in [2.75, 3.05) is 16.8 Å².